The minimum atomic E-state index is -0.0623. The summed E-state index contributed by atoms with van der Waals surface area (Å²) < 4.78 is 9.39. The number of hydrogen-bond acceptors (Lipinski definition) is 2. The molecular formula is C57H40N2O. The van der Waals surface area contributed by atoms with Crippen LogP contribution in [0.4, 0.5) is 17.1 Å². The van der Waals surface area contributed by atoms with Crippen molar-refractivity contribution in [3.05, 3.63) is 217 Å². The molecule has 0 aliphatic heterocycles. The first-order valence-electron chi connectivity index (χ1n) is 20.8. The Morgan fingerprint density at radius 3 is 1.78 bits per heavy atom. The van der Waals surface area contributed by atoms with Gasteiger partial charge in [-0.1, -0.05) is 153 Å². The maximum atomic E-state index is 6.97. The molecule has 0 saturated carbocycles. The van der Waals surface area contributed by atoms with Crippen molar-refractivity contribution in [3.63, 3.8) is 0 Å². The highest BCUT2D eigenvalue weighted by Crippen LogP contribution is 2.51. The zero-order valence-corrected chi connectivity index (χ0v) is 33.4. The number of anilines is 3. The fraction of sp³-hybridized carbons (Fsp3) is 0.0526. The summed E-state index contributed by atoms with van der Waals surface area (Å²) in [6.07, 6.45) is 0. The Balaban J connectivity index is 1.08. The zero-order valence-electron chi connectivity index (χ0n) is 33.4. The van der Waals surface area contributed by atoms with E-state index >= 15 is 0 Å². The highest BCUT2D eigenvalue weighted by Gasteiger charge is 2.35. The fourth-order valence-corrected chi connectivity index (χ4v) is 9.98. The smallest absolute Gasteiger partial charge is 0.145 e. The van der Waals surface area contributed by atoms with Crippen LogP contribution >= 0.6 is 0 Å². The van der Waals surface area contributed by atoms with Crippen LogP contribution in [-0.4, -0.2) is 4.57 Å². The van der Waals surface area contributed by atoms with E-state index in [9.17, 15) is 0 Å². The van der Waals surface area contributed by atoms with Gasteiger partial charge in [-0.05, 0) is 100 Å². The predicted octanol–water partition coefficient (Wildman–Crippen LogP) is 15.8. The summed E-state index contributed by atoms with van der Waals surface area (Å²) in [5.74, 6) is 0. The van der Waals surface area contributed by atoms with Gasteiger partial charge in [-0.15, -0.1) is 0 Å². The Kier molecular flexibility index (Phi) is 7.58. The Hall–Kier alpha value is -7.62. The summed E-state index contributed by atoms with van der Waals surface area (Å²) >= 11 is 0. The van der Waals surface area contributed by atoms with Crippen LogP contribution in [0.1, 0.15) is 25.0 Å². The van der Waals surface area contributed by atoms with Gasteiger partial charge in [0.25, 0.3) is 0 Å². The van der Waals surface area contributed by atoms with Crippen LogP contribution in [-0.2, 0) is 5.41 Å². The molecule has 1 aliphatic carbocycles. The maximum Gasteiger partial charge on any atom is 0.145 e. The fourth-order valence-electron chi connectivity index (χ4n) is 9.98. The highest BCUT2D eigenvalue weighted by atomic mass is 16.3. The van der Waals surface area contributed by atoms with E-state index in [1.807, 2.05) is 0 Å². The van der Waals surface area contributed by atoms with Gasteiger partial charge in [-0.3, -0.25) is 0 Å². The molecule has 0 fully saturated rings. The second kappa shape index (κ2) is 13.2. The summed E-state index contributed by atoms with van der Waals surface area (Å²) in [6.45, 7) is 4.69. The van der Waals surface area contributed by atoms with Crippen molar-refractivity contribution in [1.29, 1.82) is 0 Å². The van der Waals surface area contributed by atoms with Gasteiger partial charge >= 0.3 is 0 Å². The monoisotopic (exact) mass is 768 g/mol. The van der Waals surface area contributed by atoms with Crippen LogP contribution in [0, 0.1) is 0 Å². The average Bonchev–Trinajstić information content (AvgIpc) is 3.92. The van der Waals surface area contributed by atoms with Gasteiger partial charge in [0.05, 0.1) is 28.0 Å². The van der Waals surface area contributed by atoms with Gasteiger partial charge in [0.15, 0.2) is 0 Å². The summed E-state index contributed by atoms with van der Waals surface area (Å²) in [7, 11) is 0. The molecule has 1 aliphatic rings. The molecule has 60 heavy (non-hydrogen) atoms. The first-order chi connectivity index (χ1) is 29.5. The molecule has 0 radical (unpaired) electrons. The molecule has 0 saturated heterocycles. The van der Waals surface area contributed by atoms with E-state index in [4.69, 9.17) is 4.42 Å². The molecule has 2 aromatic heterocycles. The van der Waals surface area contributed by atoms with Crippen molar-refractivity contribution in [1.82, 2.24) is 4.57 Å². The second-order valence-electron chi connectivity index (χ2n) is 16.5. The number of aromatic nitrogens is 1. The number of benzene rings is 9. The number of hydrogen-bond donors (Lipinski definition) is 0. The topological polar surface area (TPSA) is 21.3 Å². The number of nitrogens with zero attached hydrogens (tertiary/aromatic N) is 2. The molecule has 2 heterocycles. The number of para-hydroxylation sites is 5. The molecule has 11 aromatic rings. The molecule has 3 nitrogen and oxygen atoms in total. The molecule has 0 unspecified atom stereocenters. The highest BCUT2D eigenvalue weighted by molar-refractivity contribution is 6.15. The molecule has 0 amide bonds. The number of rotatable bonds is 6. The van der Waals surface area contributed by atoms with Crippen molar-refractivity contribution in [2.45, 2.75) is 19.3 Å². The van der Waals surface area contributed by atoms with Crippen LogP contribution < -0.4 is 4.90 Å². The van der Waals surface area contributed by atoms with Crippen molar-refractivity contribution < 1.29 is 4.42 Å². The Labute approximate surface area is 349 Å². The lowest BCUT2D eigenvalue weighted by atomic mass is 9.81. The van der Waals surface area contributed by atoms with Gasteiger partial charge in [-0.2, -0.15) is 0 Å². The third-order valence-corrected chi connectivity index (χ3v) is 12.8. The van der Waals surface area contributed by atoms with Crippen LogP contribution in [0.15, 0.2) is 211 Å². The largest absolute Gasteiger partial charge is 0.455 e. The quantitative estimate of drug-likeness (QED) is 0.168. The van der Waals surface area contributed by atoms with E-state index < -0.39 is 0 Å². The summed E-state index contributed by atoms with van der Waals surface area (Å²) in [4.78, 5) is 2.39. The Morgan fingerprint density at radius 1 is 0.433 bits per heavy atom. The van der Waals surface area contributed by atoms with Crippen molar-refractivity contribution in [2.75, 3.05) is 4.90 Å². The molecule has 3 heteroatoms. The molecule has 12 rings (SSSR count). The molecule has 0 atom stereocenters. The van der Waals surface area contributed by atoms with Crippen molar-refractivity contribution >= 4 is 60.8 Å². The number of furan rings is 1. The predicted molar refractivity (Wildman–Crippen MR) is 251 cm³/mol. The van der Waals surface area contributed by atoms with Crippen molar-refractivity contribution in [2.24, 2.45) is 0 Å². The minimum Gasteiger partial charge on any atom is -0.455 e. The third-order valence-electron chi connectivity index (χ3n) is 12.8. The van der Waals surface area contributed by atoms with E-state index in [-0.39, 0.29) is 5.41 Å². The van der Waals surface area contributed by atoms with Crippen LogP contribution in [0.2, 0.25) is 0 Å². The van der Waals surface area contributed by atoms with E-state index in [2.05, 4.69) is 230 Å². The van der Waals surface area contributed by atoms with Crippen molar-refractivity contribution in [3.8, 4) is 39.1 Å². The van der Waals surface area contributed by atoms with E-state index in [1.165, 1.54) is 55.2 Å². The normalized spacial score (nSPS) is 13.0. The maximum absolute atomic E-state index is 6.97. The molecule has 9 aromatic carbocycles. The van der Waals surface area contributed by atoms with Gasteiger partial charge in [0, 0.05) is 43.9 Å². The summed E-state index contributed by atoms with van der Waals surface area (Å²) in [6, 6.07) is 74.7. The van der Waals surface area contributed by atoms with Gasteiger partial charge in [0.2, 0.25) is 0 Å². The number of fused-ring (bicyclic) bond motifs is 9. The lowest BCUT2D eigenvalue weighted by molar-refractivity contribution is 0.660. The lowest BCUT2D eigenvalue weighted by Gasteiger charge is -2.29. The average molecular weight is 769 g/mol. The summed E-state index contributed by atoms with van der Waals surface area (Å²) in [5.41, 5.74) is 18.2. The minimum absolute atomic E-state index is 0.0623. The molecule has 284 valence electrons. The summed E-state index contributed by atoms with van der Waals surface area (Å²) in [5, 5.41) is 4.65. The van der Waals surface area contributed by atoms with E-state index in [1.54, 1.807) is 0 Å². The van der Waals surface area contributed by atoms with Gasteiger partial charge in [-0.25, -0.2) is 0 Å². The van der Waals surface area contributed by atoms with Crippen LogP contribution in [0.25, 0.3) is 82.8 Å². The second-order valence-corrected chi connectivity index (χ2v) is 16.5. The van der Waals surface area contributed by atoms with Gasteiger partial charge in [0.1, 0.15) is 11.2 Å². The molecule has 0 N–H and O–H groups in total. The Bertz CT molecular complexity index is 3410. The Morgan fingerprint density at radius 2 is 1.02 bits per heavy atom. The first kappa shape index (κ1) is 34.4. The SMILES string of the molecule is CC1(C)c2ccccc2-c2ccc(-c3ccc(N(c4ccccc4)c4ccc5c(oc6ccccc65)c4-c4ccccc4-n4c5ccccc5c5ccccc54)cc3)cc21. The first-order valence-corrected chi connectivity index (χ1v) is 20.8. The van der Waals surface area contributed by atoms with Gasteiger partial charge < -0.3 is 13.9 Å². The standard InChI is InChI=1S/C57H40N2O/c1-57(2)48-23-11-6-18-41(48)42-33-30-38(36-49(42)57)37-28-31-40(32-29-37)58(39-16-4-3-5-17-39)53-35-34-46-45-21-10-15-27-54(45)60-56(46)55(53)47-22-9-14-26-52(47)59-50-24-12-7-19-43(50)44-20-8-13-25-51(44)59/h3-36H,1-2H3. The lowest BCUT2D eigenvalue weighted by Crippen LogP contribution is -2.14. The zero-order chi connectivity index (χ0) is 40.0. The third kappa shape index (κ3) is 5.09. The molecular weight excluding hydrogens is 729 g/mol. The molecule has 0 spiro atoms. The van der Waals surface area contributed by atoms with Crippen LogP contribution in [0.5, 0.6) is 0 Å². The van der Waals surface area contributed by atoms with E-state index in [0.717, 1.165) is 55.8 Å². The van der Waals surface area contributed by atoms with E-state index in [0.29, 0.717) is 0 Å². The molecule has 0 bridgehead atoms. The van der Waals surface area contributed by atoms with Crippen LogP contribution in [0.3, 0.4) is 0 Å².